The summed E-state index contributed by atoms with van der Waals surface area (Å²) >= 11 is 5.96. The predicted octanol–water partition coefficient (Wildman–Crippen LogP) is 5.06. The van der Waals surface area contributed by atoms with Crippen LogP contribution in [0.5, 0.6) is 0 Å². The first-order chi connectivity index (χ1) is 13.4. The highest BCUT2D eigenvalue weighted by Crippen LogP contribution is 2.27. The van der Waals surface area contributed by atoms with Crippen LogP contribution in [-0.2, 0) is 29.1 Å². The van der Waals surface area contributed by atoms with Crippen molar-refractivity contribution in [3.8, 4) is 0 Å². The van der Waals surface area contributed by atoms with E-state index in [9.17, 15) is 13.7 Å². The Bertz CT molecular complexity index is 855. The average Bonchev–Trinajstić information content (AvgIpc) is 3.00. The number of nitrogens with one attached hydrogen (secondary N) is 2. The monoisotopic (exact) mass is 461 g/mol. The predicted molar refractivity (Wildman–Crippen MR) is 116 cm³/mol. The van der Waals surface area contributed by atoms with E-state index in [2.05, 4.69) is 15.0 Å². The van der Waals surface area contributed by atoms with Gasteiger partial charge in [0.2, 0.25) is 0 Å². The number of ether oxygens (including phenoxy) is 1. The van der Waals surface area contributed by atoms with Crippen molar-refractivity contribution in [2.24, 2.45) is 0 Å². The van der Waals surface area contributed by atoms with Crippen LogP contribution in [0.2, 0.25) is 5.02 Å². The van der Waals surface area contributed by atoms with Crippen molar-refractivity contribution in [2.75, 3.05) is 5.32 Å². The molecule has 2 N–H and O–H groups in total. The van der Waals surface area contributed by atoms with E-state index in [1.54, 1.807) is 33.0 Å². The number of nitrogens with zero attached hydrogens (tertiary/aromatic N) is 1. The molecule has 0 fully saturated rings. The SMILES string of the molecule is CC(C)(C)OC(=O)Nc1ncc(CN[S@@+]([O-])C(C)(C)Cc2ccc(F)cc2Cl)s1. The van der Waals surface area contributed by atoms with Gasteiger partial charge >= 0.3 is 6.09 Å². The van der Waals surface area contributed by atoms with Gasteiger partial charge in [0.25, 0.3) is 0 Å². The molecule has 0 unspecified atom stereocenters. The maximum Gasteiger partial charge on any atom is 0.413 e. The maximum atomic E-state index is 13.2. The van der Waals surface area contributed by atoms with Crippen LogP contribution in [0, 0.1) is 5.82 Å². The summed E-state index contributed by atoms with van der Waals surface area (Å²) < 4.78 is 33.5. The molecule has 1 heterocycles. The first-order valence-corrected chi connectivity index (χ1v) is 11.2. The van der Waals surface area contributed by atoms with E-state index >= 15 is 0 Å². The first kappa shape index (κ1) is 23.9. The third kappa shape index (κ3) is 7.75. The summed E-state index contributed by atoms with van der Waals surface area (Å²) in [4.78, 5) is 16.7. The van der Waals surface area contributed by atoms with Gasteiger partial charge in [0.05, 0.1) is 6.54 Å². The number of carbonyl (C=O) groups is 1. The highest BCUT2D eigenvalue weighted by molar-refractivity contribution is 7.90. The Hall–Kier alpha value is -1.39. The molecule has 10 heteroatoms. The minimum absolute atomic E-state index is 0.315. The van der Waals surface area contributed by atoms with Crippen molar-refractivity contribution in [2.45, 2.75) is 57.9 Å². The van der Waals surface area contributed by atoms with Crippen LogP contribution in [0.1, 0.15) is 45.1 Å². The zero-order valence-corrected chi connectivity index (χ0v) is 19.4. The van der Waals surface area contributed by atoms with Crippen molar-refractivity contribution < 1.29 is 18.5 Å². The standard InChI is InChI=1S/C19H25ClFN3O3S2/c1-18(2,3)27-17(25)24-16-22-10-14(28-16)11-23-29(26)19(4,5)9-12-6-7-13(21)8-15(12)20/h6-8,10,23H,9,11H2,1-5H3,(H,22,24,25)/t29-/m0/s1. The van der Waals surface area contributed by atoms with E-state index in [1.165, 1.54) is 23.5 Å². The lowest BCUT2D eigenvalue weighted by atomic mass is 10.0. The summed E-state index contributed by atoms with van der Waals surface area (Å²) in [5.41, 5.74) is 0.136. The zero-order chi connectivity index (χ0) is 21.8. The lowest BCUT2D eigenvalue weighted by molar-refractivity contribution is 0.0636. The van der Waals surface area contributed by atoms with Crippen LogP contribution >= 0.6 is 22.9 Å². The van der Waals surface area contributed by atoms with Crippen LogP contribution in [0.25, 0.3) is 0 Å². The smallest absolute Gasteiger partial charge is 0.413 e. The molecule has 1 aromatic carbocycles. The Balaban J connectivity index is 1.90. The largest absolute Gasteiger partial charge is 0.598 e. The summed E-state index contributed by atoms with van der Waals surface area (Å²) in [5.74, 6) is -0.406. The minimum atomic E-state index is -1.40. The summed E-state index contributed by atoms with van der Waals surface area (Å²) in [6, 6.07) is 4.19. The lowest BCUT2D eigenvalue weighted by Gasteiger charge is -2.28. The van der Waals surface area contributed by atoms with E-state index in [0.29, 0.717) is 23.1 Å². The number of benzene rings is 1. The third-order valence-corrected chi connectivity index (χ3v) is 6.49. The van der Waals surface area contributed by atoms with Crippen LogP contribution in [-0.4, -0.2) is 26.0 Å². The number of hydrogen-bond donors (Lipinski definition) is 2. The fourth-order valence-corrected chi connectivity index (χ4v) is 4.39. The Kier molecular flexibility index (Phi) is 7.92. The summed E-state index contributed by atoms with van der Waals surface area (Å²) in [5, 5.41) is 3.29. The Morgan fingerprint density at radius 1 is 1.34 bits per heavy atom. The van der Waals surface area contributed by atoms with Crippen molar-refractivity contribution in [3.05, 3.63) is 45.7 Å². The highest BCUT2D eigenvalue weighted by Gasteiger charge is 2.33. The molecule has 0 radical (unpaired) electrons. The summed E-state index contributed by atoms with van der Waals surface area (Å²) in [6.07, 6.45) is 1.44. The lowest BCUT2D eigenvalue weighted by Crippen LogP contribution is -2.43. The molecule has 0 spiro atoms. The van der Waals surface area contributed by atoms with Crippen LogP contribution in [0.15, 0.2) is 24.4 Å². The molecule has 29 heavy (non-hydrogen) atoms. The van der Waals surface area contributed by atoms with E-state index < -0.39 is 33.6 Å². The quantitative estimate of drug-likeness (QED) is 0.563. The average molecular weight is 462 g/mol. The second kappa shape index (κ2) is 9.61. The van der Waals surface area contributed by atoms with Gasteiger partial charge in [0.1, 0.15) is 16.2 Å². The van der Waals surface area contributed by atoms with Gasteiger partial charge < -0.3 is 9.29 Å². The minimum Gasteiger partial charge on any atom is -0.598 e. The number of hydrogen-bond acceptors (Lipinski definition) is 6. The molecule has 2 aromatic rings. The molecule has 160 valence electrons. The molecule has 1 aromatic heterocycles. The van der Waals surface area contributed by atoms with Gasteiger partial charge in [0, 0.05) is 33.9 Å². The Morgan fingerprint density at radius 3 is 2.66 bits per heavy atom. The number of amides is 1. The molecular formula is C19H25ClFN3O3S2. The fraction of sp³-hybridized carbons (Fsp3) is 0.474. The number of halogens is 2. The van der Waals surface area contributed by atoms with Crippen molar-refractivity contribution in [3.63, 3.8) is 0 Å². The summed E-state index contributed by atoms with van der Waals surface area (Å²) in [6.45, 7) is 9.34. The van der Waals surface area contributed by atoms with E-state index in [4.69, 9.17) is 16.3 Å². The molecule has 0 aliphatic carbocycles. The van der Waals surface area contributed by atoms with E-state index in [-0.39, 0.29) is 0 Å². The molecule has 1 atom stereocenters. The first-order valence-electron chi connectivity index (χ1n) is 8.90. The highest BCUT2D eigenvalue weighted by atomic mass is 35.5. The number of thiazole rings is 1. The van der Waals surface area contributed by atoms with Gasteiger partial charge in [-0.25, -0.2) is 14.2 Å². The van der Waals surface area contributed by atoms with Crippen LogP contribution in [0.4, 0.5) is 14.3 Å². The van der Waals surface area contributed by atoms with E-state index in [0.717, 1.165) is 10.4 Å². The summed E-state index contributed by atoms with van der Waals surface area (Å²) in [7, 11) is 0. The normalized spacial score (nSPS) is 13.2. The number of aromatic nitrogens is 1. The Labute approximate surface area is 182 Å². The number of rotatable bonds is 7. The van der Waals surface area contributed by atoms with Gasteiger partial charge in [-0.3, -0.25) is 5.32 Å². The molecular weight excluding hydrogens is 437 g/mol. The molecule has 0 aliphatic rings. The van der Waals surface area contributed by atoms with Gasteiger partial charge in [-0.05, 0) is 52.3 Å². The van der Waals surface area contributed by atoms with Crippen molar-refractivity contribution in [1.29, 1.82) is 0 Å². The Morgan fingerprint density at radius 2 is 2.03 bits per heavy atom. The van der Waals surface area contributed by atoms with Gasteiger partial charge in [-0.15, -0.1) is 16.1 Å². The van der Waals surface area contributed by atoms with Crippen LogP contribution in [0.3, 0.4) is 0 Å². The zero-order valence-electron chi connectivity index (χ0n) is 17.0. The molecule has 1 amide bonds. The van der Waals surface area contributed by atoms with Crippen molar-refractivity contribution in [1.82, 2.24) is 9.71 Å². The van der Waals surface area contributed by atoms with E-state index in [1.807, 2.05) is 13.8 Å². The molecule has 0 saturated heterocycles. The fourth-order valence-electron chi connectivity index (χ4n) is 2.36. The number of carbonyl (C=O) groups excluding carboxylic acids is 1. The molecule has 0 aliphatic heterocycles. The second-order valence-electron chi connectivity index (χ2n) is 8.02. The van der Waals surface area contributed by atoms with Crippen LogP contribution < -0.4 is 10.0 Å². The second-order valence-corrected chi connectivity index (χ2v) is 11.5. The van der Waals surface area contributed by atoms with Crippen molar-refractivity contribution >= 4 is 45.5 Å². The molecule has 0 bridgehead atoms. The van der Waals surface area contributed by atoms with Gasteiger partial charge in [-0.1, -0.05) is 17.7 Å². The van der Waals surface area contributed by atoms with Gasteiger partial charge in [-0.2, -0.15) is 0 Å². The number of anilines is 1. The third-order valence-electron chi connectivity index (χ3n) is 3.67. The molecule has 0 saturated carbocycles. The van der Waals surface area contributed by atoms with Gasteiger partial charge in [0.15, 0.2) is 5.13 Å². The maximum absolute atomic E-state index is 13.2. The molecule has 6 nitrogen and oxygen atoms in total. The molecule has 2 rings (SSSR count). The topological polar surface area (TPSA) is 86.3 Å².